The molecule has 0 saturated heterocycles. The van der Waals surface area contributed by atoms with Crippen molar-refractivity contribution >= 4 is 24.3 Å². The highest BCUT2D eigenvalue weighted by Gasteiger charge is 1.95. The third kappa shape index (κ3) is 2.19. The molecule has 0 atom stereocenters. The molecule has 0 unspecified atom stereocenters. The van der Waals surface area contributed by atoms with Gasteiger partial charge in [0.15, 0.2) is 5.55 Å². The second kappa shape index (κ2) is 3.79. The quantitative estimate of drug-likeness (QED) is 0.777. The van der Waals surface area contributed by atoms with E-state index >= 15 is 0 Å². The number of hydrogen-bond acceptors (Lipinski definition) is 2. The van der Waals surface area contributed by atoms with Gasteiger partial charge in [0.25, 0.3) is 0 Å². The van der Waals surface area contributed by atoms with E-state index in [0.29, 0.717) is 10.4 Å². The van der Waals surface area contributed by atoms with Crippen LogP contribution in [0.15, 0.2) is 33.5 Å². The minimum absolute atomic E-state index is 0.244. The fraction of sp³-hybridized carbons (Fsp3) is 0. The highest BCUT2D eigenvalue weighted by molar-refractivity contribution is 6.30. The average Bonchev–Trinajstić information content (AvgIpc) is 2.45. The highest BCUT2D eigenvalue weighted by atomic mass is 35.5. The predicted octanol–water partition coefficient (Wildman–Crippen LogP) is 0.860. The highest BCUT2D eigenvalue weighted by Crippen LogP contribution is 2.10. The predicted molar refractivity (Wildman–Crippen MR) is 59.1 cm³/mol. The Labute approximate surface area is 90.3 Å². The van der Waals surface area contributed by atoms with Gasteiger partial charge in [-0.05, 0) is 30.4 Å². The van der Waals surface area contributed by atoms with Gasteiger partial charge >= 0.3 is 5.63 Å². The van der Waals surface area contributed by atoms with E-state index in [9.17, 15) is 4.79 Å². The SMILES string of the molecule is C=c1[nH]c(=Cc2cccc(Cl)c2)c(=O)o1. The Morgan fingerprint density at radius 1 is 1.47 bits per heavy atom. The standard InChI is InChI=1S/C11H8ClNO2/c1-7-13-10(11(14)15-7)6-8-3-2-4-9(12)5-8/h2-6,13H,1H2. The molecule has 1 aromatic heterocycles. The summed E-state index contributed by atoms with van der Waals surface area (Å²) in [6, 6.07) is 7.17. The van der Waals surface area contributed by atoms with Crippen molar-refractivity contribution in [3.63, 3.8) is 0 Å². The first-order valence-corrected chi connectivity index (χ1v) is 4.68. The largest absolute Gasteiger partial charge is 0.405 e. The zero-order chi connectivity index (χ0) is 10.8. The van der Waals surface area contributed by atoms with Crippen molar-refractivity contribution in [3.8, 4) is 0 Å². The molecule has 76 valence electrons. The van der Waals surface area contributed by atoms with Crippen LogP contribution in [0.5, 0.6) is 0 Å². The molecule has 0 fully saturated rings. The van der Waals surface area contributed by atoms with Crippen LogP contribution >= 0.6 is 11.6 Å². The van der Waals surface area contributed by atoms with Gasteiger partial charge in [-0.25, -0.2) is 4.79 Å². The van der Waals surface area contributed by atoms with Gasteiger partial charge in [-0.2, -0.15) is 0 Å². The maximum atomic E-state index is 11.2. The summed E-state index contributed by atoms with van der Waals surface area (Å²) in [5.74, 6) is 0. The van der Waals surface area contributed by atoms with Crippen molar-refractivity contribution in [1.82, 2.24) is 4.98 Å². The minimum atomic E-state index is -0.431. The third-order valence-corrected chi connectivity index (χ3v) is 2.10. The molecule has 15 heavy (non-hydrogen) atoms. The van der Waals surface area contributed by atoms with Gasteiger partial charge in [0, 0.05) is 5.02 Å². The molecule has 2 aromatic rings. The molecule has 0 spiro atoms. The van der Waals surface area contributed by atoms with E-state index in [-0.39, 0.29) is 5.55 Å². The summed E-state index contributed by atoms with van der Waals surface area (Å²) in [7, 11) is 0. The average molecular weight is 222 g/mol. The van der Waals surface area contributed by atoms with Crippen molar-refractivity contribution in [1.29, 1.82) is 0 Å². The van der Waals surface area contributed by atoms with E-state index in [1.165, 1.54) is 0 Å². The lowest BCUT2D eigenvalue weighted by atomic mass is 10.2. The summed E-state index contributed by atoms with van der Waals surface area (Å²) in [5, 5.41) is 0.983. The monoisotopic (exact) mass is 221 g/mol. The molecule has 0 aliphatic heterocycles. The maximum absolute atomic E-state index is 11.2. The van der Waals surface area contributed by atoms with Crippen LogP contribution in [0.3, 0.4) is 0 Å². The summed E-state index contributed by atoms with van der Waals surface area (Å²) >= 11 is 5.81. The number of H-pyrrole nitrogens is 1. The second-order valence-electron chi connectivity index (χ2n) is 3.05. The molecule has 0 amide bonds. The van der Waals surface area contributed by atoms with Gasteiger partial charge in [0.1, 0.15) is 5.35 Å². The minimum Gasteiger partial charge on any atom is -0.405 e. The molecule has 1 heterocycles. The zero-order valence-corrected chi connectivity index (χ0v) is 8.54. The lowest BCUT2D eigenvalue weighted by molar-refractivity contribution is 0.488. The Kier molecular flexibility index (Phi) is 2.47. The van der Waals surface area contributed by atoms with Crippen LogP contribution in [0, 0.1) is 0 Å². The number of halogens is 1. The van der Waals surface area contributed by atoms with Crippen molar-refractivity contribution in [2.24, 2.45) is 0 Å². The molecule has 0 bridgehead atoms. The van der Waals surface area contributed by atoms with Crippen molar-refractivity contribution < 1.29 is 4.42 Å². The zero-order valence-electron chi connectivity index (χ0n) is 7.79. The number of rotatable bonds is 1. The van der Waals surface area contributed by atoms with Gasteiger partial charge in [0.05, 0.1) is 0 Å². The molecule has 0 aliphatic rings. The van der Waals surface area contributed by atoms with E-state index in [0.717, 1.165) is 5.56 Å². The first kappa shape index (κ1) is 9.80. The Balaban J connectivity index is 2.60. The van der Waals surface area contributed by atoms with Crippen LogP contribution in [-0.2, 0) is 0 Å². The maximum Gasteiger partial charge on any atom is 0.361 e. The van der Waals surface area contributed by atoms with E-state index < -0.39 is 5.63 Å². The topological polar surface area (TPSA) is 46.0 Å². The Morgan fingerprint density at radius 3 is 2.87 bits per heavy atom. The number of benzene rings is 1. The molecule has 0 radical (unpaired) electrons. The molecule has 4 heteroatoms. The normalized spacial score (nSPS) is 11.9. The van der Waals surface area contributed by atoms with Gasteiger partial charge < -0.3 is 9.40 Å². The molecule has 1 N–H and O–H groups in total. The van der Waals surface area contributed by atoms with Crippen LogP contribution in [-0.4, -0.2) is 4.98 Å². The molecule has 0 saturated carbocycles. The van der Waals surface area contributed by atoms with Gasteiger partial charge in [-0.15, -0.1) is 0 Å². The Morgan fingerprint density at radius 2 is 2.27 bits per heavy atom. The number of aromatic amines is 1. The van der Waals surface area contributed by atoms with Crippen LogP contribution in [0.4, 0.5) is 0 Å². The van der Waals surface area contributed by atoms with Crippen LogP contribution in [0.25, 0.3) is 12.7 Å². The molecule has 1 aromatic carbocycles. The second-order valence-corrected chi connectivity index (χ2v) is 3.49. The lowest BCUT2D eigenvalue weighted by Gasteiger charge is -1.91. The fourth-order valence-corrected chi connectivity index (χ4v) is 1.45. The Bertz CT molecular complexity index is 639. The first-order valence-electron chi connectivity index (χ1n) is 4.30. The van der Waals surface area contributed by atoms with E-state index in [1.54, 1.807) is 18.2 Å². The summed E-state index contributed by atoms with van der Waals surface area (Å²) in [6.45, 7) is 3.49. The van der Waals surface area contributed by atoms with E-state index in [1.807, 2.05) is 12.1 Å². The number of oxazole rings is 1. The summed E-state index contributed by atoms with van der Waals surface area (Å²) in [6.07, 6.45) is 1.66. The summed E-state index contributed by atoms with van der Waals surface area (Å²) in [4.78, 5) is 14.0. The summed E-state index contributed by atoms with van der Waals surface area (Å²) < 4.78 is 4.73. The summed E-state index contributed by atoms with van der Waals surface area (Å²) in [5.41, 5.74) is 0.643. The van der Waals surface area contributed by atoms with Gasteiger partial charge in [-0.1, -0.05) is 23.7 Å². The number of hydrogen-bond donors (Lipinski definition) is 1. The fourth-order valence-electron chi connectivity index (χ4n) is 1.25. The van der Waals surface area contributed by atoms with Crippen LogP contribution in [0.1, 0.15) is 5.56 Å². The van der Waals surface area contributed by atoms with Crippen molar-refractivity contribution in [2.75, 3.05) is 0 Å². The van der Waals surface area contributed by atoms with Crippen LogP contribution < -0.4 is 16.5 Å². The lowest BCUT2D eigenvalue weighted by Crippen LogP contribution is -2.20. The van der Waals surface area contributed by atoms with Gasteiger partial charge in [0.2, 0.25) is 0 Å². The first-order chi connectivity index (χ1) is 7.15. The molecule has 3 nitrogen and oxygen atoms in total. The molecular weight excluding hydrogens is 214 g/mol. The van der Waals surface area contributed by atoms with E-state index in [2.05, 4.69) is 11.6 Å². The number of nitrogens with one attached hydrogen (secondary N) is 1. The molecular formula is C11H8ClNO2. The number of aromatic nitrogens is 1. The smallest absolute Gasteiger partial charge is 0.361 e. The van der Waals surface area contributed by atoms with Crippen molar-refractivity contribution in [2.45, 2.75) is 0 Å². The molecule has 0 aliphatic carbocycles. The van der Waals surface area contributed by atoms with Crippen LogP contribution in [0.2, 0.25) is 5.02 Å². The van der Waals surface area contributed by atoms with Gasteiger partial charge in [-0.3, -0.25) is 0 Å². The van der Waals surface area contributed by atoms with Crippen molar-refractivity contribution in [3.05, 3.63) is 56.2 Å². The molecule has 2 rings (SSSR count). The Hall–Kier alpha value is -1.74. The van der Waals surface area contributed by atoms with E-state index in [4.69, 9.17) is 16.0 Å². The third-order valence-electron chi connectivity index (χ3n) is 1.87.